The molecule has 2 N–H and O–H groups in total. The van der Waals surface area contributed by atoms with Crippen LogP contribution in [0.5, 0.6) is 5.75 Å². The Labute approximate surface area is 133 Å². The van der Waals surface area contributed by atoms with Crippen LogP contribution in [0.4, 0.5) is 5.82 Å². The Morgan fingerprint density at radius 1 is 1.26 bits per heavy atom. The first-order chi connectivity index (χ1) is 11.2. The summed E-state index contributed by atoms with van der Waals surface area (Å²) in [4.78, 5) is 29.1. The Hall–Kier alpha value is -2.54. The highest BCUT2D eigenvalue weighted by Crippen LogP contribution is 2.26. The van der Waals surface area contributed by atoms with Gasteiger partial charge in [-0.2, -0.15) is 0 Å². The van der Waals surface area contributed by atoms with Crippen LogP contribution >= 0.6 is 0 Å². The average Bonchev–Trinajstić information content (AvgIpc) is 2.56. The summed E-state index contributed by atoms with van der Waals surface area (Å²) in [6.45, 7) is 4.09. The molecular weight excluding hydrogens is 296 g/mol. The first-order valence-electron chi connectivity index (χ1n) is 7.63. The molecule has 0 atom stereocenters. The van der Waals surface area contributed by atoms with Gasteiger partial charge in [0.15, 0.2) is 0 Å². The van der Waals surface area contributed by atoms with Crippen molar-refractivity contribution in [2.45, 2.75) is 19.9 Å². The van der Waals surface area contributed by atoms with Gasteiger partial charge in [0.1, 0.15) is 11.6 Å². The molecule has 0 amide bonds. The van der Waals surface area contributed by atoms with E-state index in [9.17, 15) is 9.59 Å². The van der Waals surface area contributed by atoms with Crippen LogP contribution < -0.4 is 21.3 Å². The van der Waals surface area contributed by atoms with E-state index < -0.39 is 5.69 Å². The molecule has 7 nitrogen and oxygen atoms in total. The number of nitrogens with one attached hydrogen (secondary N) is 2. The number of fused-ring (bicyclic) bond motifs is 1. The molecule has 1 aromatic carbocycles. The van der Waals surface area contributed by atoms with Crippen LogP contribution in [0.3, 0.4) is 0 Å². The number of ether oxygens (including phenoxy) is 1. The summed E-state index contributed by atoms with van der Waals surface area (Å²) in [5, 5.41) is 3.21. The lowest BCUT2D eigenvalue weighted by Crippen LogP contribution is -2.43. The molecular formula is C16H20N4O3. The lowest BCUT2D eigenvalue weighted by molar-refractivity contribution is 0.272. The van der Waals surface area contributed by atoms with Gasteiger partial charge in [-0.05, 0) is 25.1 Å². The third-order valence-electron chi connectivity index (χ3n) is 3.92. The summed E-state index contributed by atoms with van der Waals surface area (Å²) in [6, 6.07) is 7.24. The summed E-state index contributed by atoms with van der Waals surface area (Å²) < 4.78 is 6.82. The molecule has 0 unspecified atom stereocenters. The Kier molecular flexibility index (Phi) is 4.20. The summed E-state index contributed by atoms with van der Waals surface area (Å²) in [5.41, 5.74) is 0.346. The van der Waals surface area contributed by atoms with Crippen LogP contribution in [0.2, 0.25) is 0 Å². The van der Waals surface area contributed by atoms with Crippen LogP contribution in [0.15, 0.2) is 33.9 Å². The maximum atomic E-state index is 12.4. The van der Waals surface area contributed by atoms with Gasteiger partial charge < -0.3 is 10.1 Å². The van der Waals surface area contributed by atoms with Gasteiger partial charge in [-0.3, -0.25) is 14.7 Å². The molecule has 0 spiro atoms. The second-order valence-corrected chi connectivity index (χ2v) is 5.48. The highest BCUT2D eigenvalue weighted by atomic mass is 16.5. The number of hydrogen-bond acceptors (Lipinski definition) is 5. The van der Waals surface area contributed by atoms with Crippen molar-refractivity contribution in [3.8, 4) is 11.4 Å². The van der Waals surface area contributed by atoms with Gasteiger partial charge in [0, 0.05) is 6.54 Å². The molecule has 122 valence electrons. The fraction of sp³-hybridized carbons (Fsp3) is 0.375. The predicted molar refractivity (Wildman–Crippen MR) is 88.4 cm³/mol. The molecule has 0 saturated carbocycles. The molecule has 0 radical (unpaired) electrons. The van der Waals surface area contributed by atoms with E-state index in [0.29, 0.717) is 36.0 Å². The minimum absolute atomic E-state index is 0.343. The molecule has 0 fully saturated rings. The predicted octanol–water partition coefficient (Wildman–Crippen LogP) is 1.13. The number of nitrogens with zero attached hydrogens (tertiary/aromatic N) is 2. The number of para-hydroxylation sites is 2. The lowest BCUT2D eigenvalue weighted by atomic mass is 10.2. The van der Waals surface area contributed by atoms with Gasteiger partial charge in [0.05, 0.1) is 25.0 Å². The van der Waals surface area contributed by atoms with E-state index >= 15 is 0 Å². The van der Waals surface area contributed by atoms with Crippen LogP contribution in [-0.4, -0.2) is 34.8 Å². The average molecular weight is 316 g/mol. The van der Waals surface area contributed by atoms with E-state index in [1.807, 2.05) is 12.1 Å². The van der Waals surface area contributed by atoms with E-state index in [4.69, 9.17) is 4.74 Å². The molecule has 2 aromatic rings. The van der Waals surface area contributed by atoms with Crippen LogP contribution in [0, 0.1) is 0 Å². The van der Waals surface area contributed by atoms with Crippen LogP contribution in [0.25, 0.3) is 5.69 Å². The summed E-state index contributed by atoms with van der Waals surface area (Å²) in [6.07, 6.45) is 1.00. The van der Waals surface area contributed by atoms with E-state index in [0.717, 1.165) is 13.0 Å². The third kappa shape index (κ3) is 2.75. The molecule has 0 bridgehead atoms. The van der Waals surface area contributed by atoms with Gasteiger partial charge in [-0.1, -0.05) is 19.1 Å². The van der Waals surface area contributed by atoms with Gasteiger partial charge in [0.2, 0.25) is 0 Å². The number of aromatic nitrogens is 2. The Balaban J connectivity index is 2.18. The topological polar surface area (TPSA) is 79.4 Å². The van der Waals surface area contributed by atoms with Gasteiger partial charge in [0.25, 0.3) is 5.56 Å². The van der Waals surface area contributed by atoms with Gasteiger partial charge >= 0.3 is 5.69 Å². The number of rotatable bonds is 4. The molecule has 1 aliphatic heterocycles. The van der Waals surface area contributed by atoms with Crippen molar-refractivity contribution in [3.63, 3.8) is 0 Å². The number of methoxy groups -OCH3 is 1. The molecule has 1 aliphatic rings. The standard InChI is InChI=1S/C16H20N4O3/c1-3-8-19-9-11-14(17-10-19)20(16(22)18-15(11)21)12-6-4-5-7-13(12)23-2/h4-7,17H,3,8-10H2,1-2H3,(H,18,21,22). The molecule has 2 heterocycles. The maximum Gasteiger partial charge on any atom is 0.334 e. The first-order valence-corrected chi connectivity index (χ1v) is 7.63. The van der Waals surface area contributed by atoms with E-state index in [1.54, 1.807) is 19.2 Å². The largest absolute Gasteiger partial charge is 0.495 e. The maximum absolute atomic E-state index is 12.4. The Morgan fingerprint density at radius 2 is 2.04 bits per heavy atom. The van der Waals surface area contributed by atoms with E-state index in [1.165, 1.54) is 4.57 Å². The number of aromatic amines is 1. The molecule has 1 aromatic heterocycles. The quantitative estimate of drug-likeness (QED) is 0.884. The Bertz CT molecular complexity index is 825. The molecule has 3 rings (SSSR count). The second-order valence-electron chi connectivity index (χ2n) is 5.48. The summed E-state index contributed by atoms with van der Waals surface area (Å²) >= 11 is 0. The summed E-state index contributed by atoms with van der Waals surface area (Å²) in [5.74, 6) is 1.11. The minimum Gasteiger partial charge on any atom is -0.495 e. The zero-order valence-electron chi connectivity index (χ0n) is 13.3. The van der Waals surface area contributed by atoms with Crippen molar-refractivity contribution in [1.29, 1.82) is 0 Å². The molecule has 23 heavy (non-hydrogen) atoms. The fourth-order valence-electron chi connectivity index (χ4n) is 2.89. The highest BCUT2D eigenvalue weighted by molar-refractivity contribution is 5.56. The monoisotopic (exact) mass is 316 g/mol. The van der Waals surface area contributed by atoms with Gasteiger partial charge in [-0.25, -0.2) is 9.36 Å². The normalized spacial score (nSPS) is 14.2. The smallest absolute Gasteiger partial charge is 0.334 e. The number of hydrogen-bond donors (Lipinski definition) is 2. The zero-order valence-corrected chi connectivity index (χ0v) is 13.3. The molecule has 0 aliphatic carbocycles. The third-order valence-corrected chi connectivity index (χ3v) is 3.92. The van der Waals surface area contributed by atoms with Crippen LogP contribution in [0.1, 0.15) is 18.9 Å². The first kappa shape index (κ1) is 15.4. The van der Waals surface area contributed by atoms with Crippen molar-refractivity contribution in [3.05, 3.63) is 50.7 Å². The van der Waals surface area contributed by atoms with E-state index in [-0.39, 0.29) is 5.56 Å². The fourth-order valence-corrected chi connectivity index (χ4v) is 2.89. The summed E-state index contributed by atoms with van der Waals surface area (Å²) in [7, 11) is 1.55. The van der Waals surface area contributed by atoms with Crippen molar-refractivity contribution >= 4 is 5.82 Å². The zero-order chi connectivity index (χ0) is 16.4. The number of H-pyrrole nitrogens is 1. The number of anilines is 1. The van der Waals surface area contributed by atoms with Crippen LogP contribution in [-0.2, 0) is 6.54 Å². The molecule has 0 saturated heterocycles. The minimum atomic E-state index is -0.477. The number of benzene rings is 1. The van der Waals surface area contributed by atoms with Gasteiger partial charge in [-0.15, -0.1) is 0 Å². The van der Waals surface area contributed by atoms with Crippen molar-refractivity contribution in [2.24, 2.45) is 0 Å². The second kappa shape index (κ2) is 6.29. The van der Waals surface area contributed by atoms with Crippen molar-refractivity contribution in [1.82, 2.24) is 14.5 Å². The highest BCUT2D eigenvalue weighted by Gasteiger charge is 2.23. The Morgan fingerprint density at radius 3 is 2.78 bits per heavy atom. The SMILES string of the molecule is CCCN1CNc2c(c(=O)[nH]c(=O)n2-c2ccccc2OC)C1. The molecule has 7 heteroatoms. The van der Waals surface area contributed by atoms with Crippen molar-refractivity contribution in [2.75, 3.05) is 25.6 Å². The van der Waals surface area contributed by atoms with E-state index in [2.05, 4.69) is 22.1 Å². The van der Waals surface area contributed by atoms with Crippen molar-refractivity contribution < 1.29 is 4.74 Å². The lowest BCUT2D eigenvalue weighted by Gasteiger charge is -2.30.